The Morgan fingerprint density at radius 3 is 2.72 bits per heavy atom. The summed E-state index contributed by atoms with van der Waals surface area (Å²) >= 11 is 0. The molecule has 0 saturated carbocycles. The van der Waals surface area contributed by atoms with Crippen LogP contribution < -0.4 is 15.2 Å². The lowest BCUT2D eigenvalue weighted by molar-refractivity contribution is 0.323. The van der Waals surface area contributed by atoms with E-state index in [0.717, 1.165) is 5.69 Å². The number of anilines is 1. The first-order valence-electron chi connectivity index (χ1n) is 5.69. The smallest absolute Gasteiger partial charge is 0.240 e. The third-order valence-electron chi connectivity index (χ3n) is 2.25. The van der Waals surface area contributed by atoms with E-state index in [4.69, 9.17) is 15.2 Å². The molecule has 2 aromatic rings. The highest BCUT2D eigenvalue weighted by atomic mass is 16.5. The number of nitrogens with zero attached hydrogens (tertiary/aromatic N) is 2. The second-order valence-electron chi connectivity index (χ2n) is 3.71. The van der Waals surface area contributed by atoms with Crippen LogP contribution in [0, 0.1) is 6.92 Å². The van der Waals surface area contributed by atoms with Gasteiger partial charge in [-0.3, -0.25) is 4.98 Å². The van der Waals surface area contributed by atoms with E-state index in [9.17, 15) is 0 Å². The normalized spacial score (nSPS) is 10.1. The number of aryl methyl sites for hydroxylation is 1. The lowest BCUT2D eigenvalue weighted by atomic mass is 10.4. The summed E-state index contributed by atoms with van der Waals surface area (Å²) in [4.78, 5) is 8.33. The third kappa shape index (κ3) is 2.88. The number of hydrogen-bond donors (Lipinski definition) is 1. The minimum Gasteiger partial charge on any atom is -0.476 e. The van der Waals surface area contributed by atoms with Gasteiger partial charge in [-0.05, 0) is 32.0 Å². The summed E-state index contributed by atoms with van der Waals surface area (Å²) in [6.07, 6.45) is 1.65. The molecular formula is C13H15N3O2. The molecule has 0 aromatic carbocycles. The zero-order valence-electron chi connectivity index (χ0n) is 10.4. The monoisotopic (exact) mass is 245 g/mol. The first-order valence-corrected chi connectivity index (χ1v) is 5.69. The van der Waals surface area contributed by atoms with Gasteiger partial charge < -0.3 is 15.2 Å². The van der Waals surface area contributed by atoms with Crippen LogP contribution in [0.15, 0.2) is 30.5 Å². The van der Waals surface area contributed by atoms with Crippen molar-refractivity contribution in [2.75, 3.05) is 12.3 Å². The summed E-state index contributed by atoms with van der Waals surface area (Å²) in [6, 6.07) is 7.10. The van der Waals surface area contributed by atoms with Crippen LogP contribution in [0.1, 0.15) is 12.6 Å². The Balaban J connectivity index is 2.18. The lowest BCUT2D eigenvalue weighted by Crippen LogP contribution is -2.00. The minimum absolute atomic E-state index is 0.384. The van der Waals surface area contributed by atoms with Gasteiger partial charge in [0.05, 0.1) is 18.5 Å². The quantitative estimate of drug-likeness (QED) is 0.896. The Hall–Kier alpha value is -2.30. The van der Waals surface area contributed by atoms with Crippen LogP contribution in [0.2, 0.25) is 0 Å². The van der Waals surface area contributed by atoms with E-state index in [1.165, 1.54) is 0 Å². The Labute approximate surface area is 106 Å². The van der Waals surface area contributed by atoms with Gasteiger partial charge in [-0.25, -0.2) is 0 Å². The van der Waals surface area contributed by atoms with Gasteiger partial charge in [-0.15, -0.1) is 0 Å². The summed E-state index contributed by atoms with van der Waals surface area (Å²) in [5.41, 5.74) is 7.16. The second-order valence-corrected chi connectivity index (χ2v) is 3.71. The van der Waals surface area contributed by atoms with Gasteiger partial charge >= 0.3 is 0 Å². The number of hydrogen-bond acceptors (Lipinski definition) is 5. The highest BCUT2D eigenvalue weighted by molar-refractivity contribution is 5.49. The van der Waals surface area contributed by atoms with E-state index >= 15 is 0 Å². The molecule has 0 fully saturated rings. The summed E-state index contributed by atoms with van der Waals surface area (Å²) in [5.74, 6) is 1.44. The predicted octanol–water partition coefficient (Wildman–Crippen LogP) is 2.56. The molecule has 0 bridgehead atoms. The molecule has 0 atom stereocenters. The van der Waals surface area contributed by atoms with Crippen LogP contribution in [0.4, 0.5) is 5.69 Å². The average molecular weight is 245 g/mol. The van der Waals surface area contributed by atoms with Gasteiger partial charge in [0, 0.05) is 11.8 Å². The number of nitrogens with two attached hydrogens (primary N) is 1. The van der Waals surface area contributed by atoms with E-state index in [2.05, 4.69) is 9.97 Å². The van der Waals surface area contributed by atoms with Gasteiger partial charge in [0.1, 0.15) is 5.75 Å². The van der Waals surface area contributed by atoms with Gasteiger partial charge in [0.25, 0.3) is 0 Å². The average Bonchev–Trinajstić information content (AvgIpc) is 2.37. The molecule has 2 aromatic heterocycles. The van der Waals surface area contributed by atoms with Crippen molar-refractivity contribution in [3.63, 3.8) is 0 Å². The molecule has 0 aliphatic carbocycles. The van der Waals surface area contributed by atoms with Gasteiger partial charge in [-0.2, -0.15) is 4.98 Å². The highest BCUT2D eigenvalue weighted by Gasteiger charge is 2.05. The molecule has 0 aliphatic rings. The first kappa shape index (κ1) is 12.2. The molecule has 2 heterocycles. The number of ether oxygens (including phenoxy) is 2. The van der Waals surface area contributed by atoms with Crippen molar-refractivity contribution in [1.29, 1.82) is 0 Å². The SMILES string of the molecule is CCOc1nc(Oc2ccc(C)nc2)ccc1N. The Morgan fingerprint density at radius 1 is 1.22 bits per heavy atom. The summed E-state index contributed by atoms with van der Waals surface area (Å²) in [6.45, 7) is 4.30. The third-order valence-corrected chi connectivity index (χ3v) is 2.25. The minimum atomic E-state index is 0.384. The summed E-state index contributed by atoms with van der Waals surface area (Å²) in [7, 11) is 0. The molecule has 0 amide bonds. The summed E-state index contributed by atoms with van der Waals surface area (Å²) < 4.78 is 10.9. The fraction of sp³-hybridized carbons (Fsp3) is 0.231. The molecule has 0 radical (unpaired) electrons. The molecule has 0 unspecified atom stereocenters. The van der Waals surface area contributed by atoms with Crippen molar-refractivity contribution in [2.45, 2.75) is 13.8 Å². The lowest BCUT2D eigenvalue weighted by Gasteiger charge is -2.08. The van der Waals surface area contributed by atoms with Crippen molar-refractivity contribution >= 4 is 5.69 Å². The van der Waals surface area contributed by atoms with Crippen LogP contribution in [-0.2, 0) is 0 Å². The maximum absolute atomic E-state index is 5.73. The van der Waals surface area contributed by atoms with E-state index in [-0.39, 0.29) is 0 Å². The number of rotatable bonds is 4. The molecule has 5 nitrogen and oxygen atoms in total. The molecule has 2 N–H and O–H groups in total. The summed E-state index contributed by atoms with van der Waals surface area (Å²) in [5, 5.41) is 0. The van der Waals surface area contributed by atoms with Crippen molar-refractivity contribution < 1.29 is 9.47 Å². The molecule has 0 aliphatic heterocycles. The fourth-order valence-corrected chi connectivity index (χ4v) is 1.38. The van der Waals surface area contributed by atoms with Crippen molar-refractivity contribution in [3.05, 3.63) is 36.2 Å². The predicted molar refractivity (Wildman–Crippen MR) is 68.9 cm³/mol. The van der Waals surface area contributed by atoms with E-state index in [0.29, 0.717) is 29.8 Å². The number of pyridine rings is 2. The molecule has 2 rings (SSSR count). The highest BCUT2D eigenvalue weighted by Crippen LogP contribution is 2.25. The van der Waals surface area contributed by atoms with Crippen molar-refractivity contribution in [2.24, 2.45) is 0 Å². The van der Waals surface area contributed by atoms with Crippen molar-refractivity contribution in [1.82, 2.24) is 9.97 Å². The molecule has 0 saturated heterocycles. The van der Waals surface area contributed by atoms with Crippen LogP contribution >= 0.6 is 0 Å². The largest absolute Gasteiger partial charge is 0.476 e. The zero-order valence-corrected chi connectivity index (χ0v) is 10.4. The Kier molecular flexibility index (Phi) is 3.62. The second kappa shape index (κ2) is 5.35. The molecular weight excluding hydrogens is 230 g/mol. The molecule has 0 spiro atoms. The van der Waals surface area contributed by atoms with E-state index < -0.39 is 0 Å². The topological polar surface area (TPSA) is 70.3 Å². The van der Waals surface area contributed by atoms with E-state index in [1.807, 2.05) is 26.0 Å². The van der Waals surface area contributed by atoms with Crippen molar-refractivity contribution in [3.8, 4) is 17.5 Å². The molecule has 5 heteroatoms. The Morgan fingerprint density at radius 2 is 2.06 bits per heavy atom. The number of aromatic nitrogens is 2. The standard InChI is InChI=1S/C13H15N3O2/c1-3-17-13-11(14)6-7-12(16-13)18-10-5-4-9(2)15-8-10/h4-8H,3,14H2,1-2H3. The first-order chi connectivity index (χ1) is 8.69. The van der Waals surface area contributed by atoms with Gasteiger partial charge in [0.2, 0.25) is 11.8 Å². The molecule has 94 valence electrons. The molecule has 18 heavy (non-hydrogen) atoms. The van der Waals surface area contributed by atoms with Gasteiger partial charge in [0.15, 0.2) is 0 Å². The maximum atomic E-state index is 5.73. The zero-order chi connectivity index (χ0) is 13.0. The Bertz CT molecular complexity index is 526. The number of nitrogen functional groups attached to an aromatic ring is 1. The van der Waals surface area contributed by atoms with E-state index in [1.54, 1.807) is 18.3 Å². The van der Waals surface area contributed by atoms with Crippen LogP contribution in [0.5, 0.6) is 17.5 Å². The van der Waals surface area contributed by atoms with Gasteiger partial charge in [-0.1, -0.05) is 0 Å². The van der Waals surface area contributed by atoms with Crippen LogP contribution in [0.3, 0.4) is 0 Å². The van der Waals surface area contributed by atoms with Crippen LogP contribution in [0.25, 0.3) is 0 Å². The maximum Gasteiger partial charge on any atom is 0.240 e. The fourth-order valence-electron chi connectivity index (χ4n) is 1.38. The van der Waals surface area contributed by atoms with Crippen LogP contribution in [-0.4, -0.2) is 16.6 Å².